The molecular weight excluding hydrogens is 210 g/mol. The molecule has 3 N–H and O–H groups in total. The number of amides is 1. The second-order valence-corrected chi connectivity index (χ2v) is 3.19. The summed E-state index contributed by atoms with van der Waals surface area (Å²) >= 11 is 0. The topological polar surface area (TPSA) is 104 Å². The monoisotopic (exact) mass is 225 g/mol. The van der Waals surface area contributed by atoms with Crippen molar-refractivity contribution in [3.63, 3.8) is 0 Å². The number of rotatable bonds is 4. The molecule has 0 aliphatic heterocycles. The van der Waals surface area contributed by atoms with Crippen LogP contribution in [0.1, 0.15) is 19.8 Å². The van der Waals surface area contributed by atoms with E-state index in [1.807, 2.05) is 0 Å². The van der Waals surface area contributed by atoms with Crippen LogP contribution in [-0.2, 0) is 15.2 Å². The lowest BCUT2D eigenvalue weighted by molar-refractivity contribution is -0.116. The summed E-state index contributed by atoms with van der Waals surface area (Å²) in [5.74, 6) is -0.0801. The lowest BCUT2D eigenvalue weighted by Gasteiger charge is -1.97. The SMILES string of the molecule is C=CC(=O)NCCCC.O=S(=O)(O)O. The van der Waals surface area contributed by atoms with E-state index in [0.717, 1.165) is 19.4 Å². The van der Waals surface area contributed by atoms with Crippen LogP contribution in [0.5, 0.6) is 0 Å². The molecule has 0 radical (unpaired) electrons. The highest BCUT2D eigenvalue weighted by Gasteiger charge is 1.88. The molecule has 0 saturated heterocycles. The smallest absolute Gasteiger partial charge is 0.353 e. The van der Waals surface area contributed by atoms with E-state index >= 15 is 0 Å². The van der Waals surface area contributed by atoms with Crippen LogP contribution in [-0.4, -0.2) is 30.0 Å². The Morgan fingerprint density at radius 2 is 1.93 bits per heavy atom. The van der Waals surface area contributed by atoms with E-state index in [9.17, 15) is 4.79 Å². The predicted octanol–water partition coefficient (Wildman–Crippen LogP) is 0.436. The highest BCUT2D eigenvalue weighted by molar-refractivity contribution is 7.79. The first-order valence-electron chi connectivity index (χ1n) is 3.91. The Balaban J connectivity index is 0. The van der Waals surface area contributed by atoms with Gasteiger partial charge in [0.15, 0.2) is 0 Å². The largest absolute Gasteiger partial charge is 0.394 e. The van der Waals surface area contributed by atoms with Gasteiger partial charge in [0.05, 0.1) is 0 Å². The van der Waals surface area contributed by atoms with Gasteiger partial charge >= 0.3 is 10.4 Å². The molecule has 0 atom stereocenters. The zero-order valence-corrected chi connectivity index (χ0v) is 8.75. The molecule has 0 rings (SSSR count). The predicted molar refractivity (Wildman–Crippen MR) is 52.3 cm³/mol. The molecule has 0 spiro atoms. The zero-order valence-electron chi connectivity index (χ0n) is 7.93. The quantitative estimate of drug-likeness (QED) is 0.366. The summed E-state index contributed by atoms with van der Waals surface area (Å²) in [4.78, 5) is 10.5. The Morgan fingerprint density at radius 1 is 1.50 bits per heavy atom. The van der Waals surface area contributed by atoms with Crippen LogP contribution in [0.2, 0.25) is 0 Å². The van der Waals surface area contributed by atoms with Crippen LogP contribution < -0.4 is 5.32 Å². The molecule has 0 aromatic rings. The maximum absolute atomic E-state index is 10.5. The molecule has 0 saturated carbocycles. The average Bonchev–Trinajstić information content (AvgIpc) is 2.01. The fourth-order valence-electron chi connectivity index (χ4n) is 0.461. The number of carbonyl (C=O) groups is 1. The molecular formula is C7H15NO5S. The molecule has 0 aliphatic carbocycles. The normalized spacial score (nSPS) is 9.64. The summed E-state index contributed by atoms with van der Waals surface area (Å²) in [6.07, 6.45) is 3.44. The van der Waals surface area contributed by atoms with Crippen LogP contribution in [0.15, 0.2) is 12.7 Å². The van der Waals surface area contributed by atoms with Crippen LogP contribution in [0.3, 0.4) is 0 Å². The summed E-state index contributed by atoms with van der Waals surface area (Å²) in [5.41, 5.74) is 0. The number of hydrogen-bond donors (Lipinski definition) is 3. The van der Waals surface area contributed by atoms with E-state index in [4.69, 9.17) is 17.5 Å². The Bertz CT molecular complexity index is 251. The molecule has 0 fully saturated rings. The van der Waals surface area contributed by atoms with Crippen molar-refractivity contribution in [1.29, 1.82) is 0 Å². The van der Waals surface area contributed by atoms with Gasteiger partial charge < -0.3 is 5.32 Å². The Labute approximate surface area is 83.6 Å². The number of unbranched alkanes of at least 4 members (excludes halogenated alkanes) is 1. The van der Waals surface area contributed by atoms with Gasteiger partial charge in [0.1, 0.15) is 0 Å². The molecule has 0 aliphatic rings. The molecule has 0 heterocycles. The van der Waals surface area contributed by atoms with Crippen LogP contribution in [0.25, 0.3) is 0 Å². The highest BCUT2D eigenvalue weighted by atomic mass is 32.3. The average molecular weight is 225 g/mol. The van der Waals surface area contributed by atoms with Crippen molar-refractivity contribution in [3.05, 3.63) is 12.7 Å². The van der Waals surface area contributed by atoms with Crippen LogP contribution in [0, 0.1) is 0 Å². The van der Waals surface area contributed by atoms with Crippen molar-refractivity contribution in [1.82, 2.24) is 5.32 Å². The van der Waals surface area contributed by atoms with Gasteiger partial charge in [-0.3, -0.25) is 13.9 Å². The summed E-state index contributed by atoms with van der Waals surface area (Å²) in [6, 6.07) is 0. The summed E-state index contributed by atoms with van der Waals surface area (Å²) in [5, 5.41) is 2.68. The van der Waals surface area contributed by atoms with Gasteiger partial charge in [0, 0.05) is 6.54 Å². The number of carbonyl (C=O) groups excluding carboxylic acids is 1. The summed E-state index contributed by atoms with van der Waals surface area (Å²) < 4.78 is 31.6. The van der Waals surface area contributed by atoms with Gasteiger partial charge in [0.25, 0.3) is 0 Å². The van der Waals surface area contributed by atoms with Crippen molar-refractivity contribution in [3.8, 4) is 0 Å². The lowest BCUT2D eigenvalue weighted by Crippen LogP contribution is -2.21. The number of nitrogens with one attached hydrogen (secondary N) is 1. The molecule has 1 amide bonds. The van der Waals surface area contributed by atoms with Crippen molar-refractivity contribution in [2.24, 2.45) is 0 Å². The Morgan fingerprint density at radius 3 is 2.21 bits per heavy atom. The van der Waals surface area contributed by atoms with Crippen molar-refractivity contribution >= 4 is 16.3 Å². The maximum atomic E-state index is 10.5. The van der Waals surface area contributed by atoms with Crippen molar-refractivity contribution in [2.75, 3.05) is 6.54 Å². The molecule has 14 heavy (non-hydrogen) atoms. The van der Waals surface area contributed by atoms with E-state index < -0.39 is 10.4 Å². The maximum Gasteiger partial charge on any atom is 0.394 e. The molecule has 0 aromatic carbocycles. The highest BCUT2D eigenvalue weighted by Crippen LogP contribution is 1.81. The minimum atomic E-state index is -4.67. The third kappa shape index (κ3) is 30.5. The first-order valence-corrected chi connectivity index (χ1v) is 5.31. The zero-order chi connectivity index (χ0) is 11.6. The van der Waals surface area contributed by atoms with E-state index in [1.54, 1.807) is 0 Å². The fourth-order valence-corrected chi connectivity index (χ4v) is 0.461. The van der Waals surface area contributed by atoms with Crippen LogP contribution >= 0.6 is 0 Å². The minimum absolute atomic E-state index is 0.0801. The first-order chi connectivity index (χ1) is 6.31. The minimum Gasteiger partial charge on any atom is -0.353 e. The van der Waals surface area contributed by atoms with Crippen LogP contribution in [0.4, 0.5) is 0 Å². The van der Waals surface area contributed by atoms with Gasteiger partial charge in [-0.05, 0) is 12.5 Å². The third-order valence-corrected chi connectivity index (χ3v) is 1.01. The second kappa shape index (κ2) is 8.67. The number of hydrogen-bond acceptors (Lipinski definition) is 3. The van der Waals surface area contributed by atoms with E-state index in [2.05, 4.69) is 18.8 Å². The second-order valence-electron chi connectivity index (χ2n) is 2.30. The molecule has 84 valence electrons. The fraction of sp³-hybridized carbons (Fsp3) is 0.571. The molecule has 0 bridgehead atoms. The van der Waals surface area contributed by atoms with Crippen molar-refractivity contribution < 1.29 is 22.3 Å². The van der Waals surface area contributed by atoms with Crippen molar-refractivity contribution in [2.45, 2.75) is 19.8 Å². The molecule has 6 nitrogen and oxygen atoms in total. The molecule has 0 aromatic heterocycles. The molecule has 7 heteroatoms. The van der Waals surface area contributed by atoms with Gasteiger partial charge in [0.2, 0.25) is 5.91 Å². The summed E-state index contributed by atoms with van der Waals surface area (Å²) in [6.45, 7) is 6.18. The summed E-state index contributed by atoms with van der Waals surface area (Å²) in [7, 11) is -4.67. The Hall–Kier alpha value is -0.920. The Kier molecular flexibility index (Phi) is 9.63. The van der Waals surface area contributed by atoms with E-state index in [0.29, 0.717) is 0 Å². The lowest BCUT2D eigenvalue weighted by atomic mass is 10.3. The standard InChI is InChI=1S/C7H13NO.H2O4S/c1-3-5-6-8-7(9)4-2;1-5(2,3)4/h4H,2-3,5-6H2,1H3,(H,8,9);(H2,1,2,3,4). The van der Waals surface area contributed by atoms with Gasteiger partial charge in [-0.15, -0.1) is 0 Å². The first kappa shape index (κ1) is 15.5. The third-order valence-electron chi connectivity index (χ3n) is 1.01. The van der Waals surface area contributed by atoms with E-state index in [1.165, 1.54) is 6.08 Å². The molecule has 0 unspecified atom stereocenters. The van der Waals surface area contributed by atoms with E-state index in [-0.39, 0.29) is 5.91 Å². The van der Waals surface area contributed by atoms with Gasteiger partial charge in [-0.25, -0.2) is 0 Å². The van der Waals surface area contributed by atoms with Gasteiger partial charge in [-0.1, -0.05) is 19.9 Å². The van der Waals surface area contributed by atoms with Gasteiger partial charge in [-0.2, -0.15) is 8.42 Å².